The van der Waals surface area contributed by atoms with Crippen molar-refractivity contribution in [3.8, 4) is 5.69 Å². The van der Waals surface area contributed by atoms with Gasteiger partial charge in [0, 0.05) is 19.1 Å². The number of para-hydroxylation sites is 1. The first-order chi connectivity index (χ1) is 10.8. The quantitative estimate of drug-likeness (QED) is 0.922. The zero-order valence-corrected chi connectivity index (χ0v) is 12.7. The number of hydrogen-bond donors (Lipinski definition) is 1. The van der Waals surface area contributed by atoms with Crippen LogP contribution < -0.4 is 5.73 Å². The molecule has 0 spiro atoms. The second-order valence-electron chi connectivity index (χ2n) is 6.56. The highest BCUT2D eigenvalue weighted by atomic mass is 15.5. The first-order valence-corrected chi connectivity index (χ1v) is 8.12. The van der Waals surface area contributed by atoms with E-state index in [1.54, 1.807) is 0 Å². The van der Waals surface area contributed by atoms with Gasteiger partial charge in [-0.25, -0.2) is 0 Å². The van der Waals surface area contributed by atoms with Crippen LogP contribution in [0.1, 0.15) is 25.1 Å². The number of rotatable bonds is 3. The van der Waals surface area contributed by atoms with Crippen LogP contribution in [0.5, 0.6) is 0 Å². The summed E-state index contributed by atoms with van der Waals surface area (Å²) >= 11 is 0. The molecular formula is C16H22N6. The van der Waals surface area contributed by atoms with Gasteiger partial charge in [-0.2, -0.15) is 4.68 Å². The van der Waals surface area contributed by atoms with Crippen LogP contribution >= 0.6 is 0 Å². The number of nitrogens with two attached hydrogens (primary N) is 1. The van der Waals surface area contributed by atoms with Crippen LogP contribution in [0.25, 0.3) is 5.69 Å². The summed E-state index contributed by atoms with van der Waals surface area (Å²) in [5, 5.41) is 12.2. The van der Waals surface area contributed by atoms with Crippen LogP contribution in [0.3, 0.4) is 0 Å². The topological polar surface area (TPSA) is 72.9 Å². The highest BCUT2D eigenvalue weighted by molar-refractivity contribution is 5.30. The van der Waals surface area contributed by atoms with E-state index in [1.165, 1.54) is 19.3 Å². The van der Waals surface area contributed by atoms with Crippen LogP contribution in [0.15, 0.2) is 30.3 Å². The van der Waals surface area contributed by atoms with Gasteiger partial charge in [-0.1, -0.05) is 24.6 Å². The fraction of sp³-hybridized carbons (Fsp3) is 0.562. The number of hydrogen-bond acceptors (Lipinski definition) is 5. The van der Waals surface area contributed by atoms with E-state index in [2.05, 4.69) is 20.4 Å². The minimum Gasteiger partial charge on any atom is -0.327 e. The lowest BCUT2D eigenvalue weighted by molar-refractivity contribution is 0.259. The number of likely N-dealkylation sites (tertiary alicyclic amines) is 1. The van der Waals surface area contributed by atoms with Gasteiger partial charge in [0.2, 0.25) is 0 Å². The molecule has 1 aromatic heterocycles. The molecule has 22 heavy (non-hydrogen) atoms. The van der Waals surface area contributed by atoms with Gasteiger partial charge < -0.3 is 5.73 Å². The first kappa shape index (κ1) is 13.8. The molecule has 2 aliphatic rings. The normalized spacial score (nSPS) is 28.7. The molecule has 4 rings (SSSR count). The van der Waals surface area contributed by atoms with E-state index in [0.717, 1.165) is 37.1 Å². The number of benzene rings is 1. The molecule has 1 aliphatic heterocycles. The number of fused-ring (bicyclic) bond motifs is 1. The molecule has 1 saturated heterocycles. The summed E-state index contributed by atoms with van der Waals surface area (Å²) in [4.78, 5) is 2.46. The maximum atomic E-state index is 6.30. The lowest BCUT2D eigenvalue weighted by atomic mass is 9.78. The number of nitrogens with zero attached hydrogens (tertiary/aromatic N) is 5. The van der Waals surface area contributed by atoms with Gasteiger partial charge >= 0.3 is 0 Å². The predicted octanol–water partition coefficient (Wildman–Crippen LogP) is 1.22. The van der Waals surface area contributed by atoms with Crippen LogP contribution in [0.2, 0.25) is 0 Å². The molecule has 2 N–H and O–H groups in total. The fourth-order valence-electron chi connectivity index (χ4n) is 4.01. The number of aromatic nitrogens is 4. The summed E-state index contributed by atoms with van der Waals surface area (Å²) in [6.45, 7) is 3.00. The Kier molecular flexibility index (Phi) is 3.63. The van der Waals surface area contributed by atoms with E-state index in [4.69, 9.17) is 5.73 Å². The molecule has 116 valence electrons. The Morgan fingerprint density at radius 1 is 1.14 bits per heavy atom. The smallest absolute Gasteiger partial charge is 0.170 e. The van der Waals surface area contributed by atoms with Crippen molar-refractivity contribution in [1.29, 1.82) is 0 Å². The summed E-state index contributed by atoms with van der Waals surface area (Å²) in [7, 11) is 0. The SMILES string of the molecule is NC1CCCC2CN(Cc3nnnn3-c3ccccc3)CC12. The standard InChI is InChI=1S/C16H22N6/c17-15-8-4-5-12-9-21(10-14(12)15)11-16-18-19-20-22(16)13-6-2-1-3-7-13/h1-3,6-7,12,14-15H,4-5,8-11,17H2. The van der Waals surface area contributed by atoms with Gasteiger partial charge in [-0.15, -0.1) is 5.10 Å². The van der Waals surface area contributed by atoms with Gasteiger partial charge in [-0.05, 0) is 47.2 Å². The highest BCUT2D eigenvalue weighted by Crippen LogP contribution is 2.35. The summed E-state index contributed by atoms with van der Waals surface area (Å²) in [6.07, 6.45) is 3.77. The second kappa shape index (κ2) is 5.78. The predicted molar refractivity (Wildman–Crippen MR) is 83.2 cm³/mol. The fourth-order valence-corrected chi connectivity index (χ4v) is 4.01. The monoisotopic (exact) mass is 298 g/mol. The zero-order chi connectivity index (χ0) is 14.9. The Balaban J connectivity index is 1.50. The van der Waals surface area contributed by atoms with E-state index in [0.29, 0.717) is 12.0 Å². The minimum atomic E-state index is 0.369. The van der Waals surface area contributed by atoms with Crippen molar-refractivity contribution >= 4 is 0 Å². The van der Waals surface area contributed by atoms with Crippen molar-refractivity contribution in [3.05, 3.63) is 36.2 Å². The van der Waals surface area contributed by atoms with Crippen molar-refractivity contribution in [2.75, 3.05) is 13.1 Å². The van der Waals surface area contributed by atoms with Crippen molar-refractivity contribution < 1.29 is 0 Å². The Bertz CT molecular complexity index is 625. The van der Waals surface area contributed by atoms with Gasteiger partial charge in [0.25, 0.3) is 0 Å². The zero-order valence-electron chi connectivity index (χ0n) is 12.7. The third-order valence-corrected chi connectivity index (χ3v) is 5.13. The molecule has 2 aromatic rings. The first-order valence-electron chi connectivity index (χ1n) is 8.12. The Hall–Kier alpha value is -1.79. The van der Waals surface area contributed by atoms with Crippen LogP contribution in [-0.4, -0.2) is 44.2 Å². The van der Waals surface area contributed by atoms with Crippen molar-refractivity contribution in [2.45, 2.75) is 31.8 Å². The Labute approximate surface area is 130 Å². The van der Waals surface area contributed by atoms with Gasteiger partial charge in [-0.3, -0.25) is 4.90 Å². The van der Waals surface area contributed by atoms with Crippen molar-refractivity contribution in [3.63, 3.8) is 0 Å². The van der Waals surface area contributed by atoms with Crippen LogP contribution in [-0.2, 0) is 6.54 Å². The average molecular weight is 298 g/mol. The minimum absolute atomic E-state index is 0.369. The molecule has 1 saturated carbocycles. The van der Waals surface area contributed by atoms with E-state index < -0.39 is 0 Å². The molecular weight excluding hydrogens is 276 g/mol. The molecule has 2 fully saturated rings. The molecule has 6 heteroatoms. The van der Waals surface area contributed by atoms with Gasteiger partial charge in [0.15, 0.2) is 5.82 Å². The van der Waals surface area contributed by atoms with Crippen molar-refractivity contribution in [1.82, 2.24) is 25.1 Å². The lowest BCUT2D eigenvalue weighted by Crippen LogP contribution is -2.38. The van der Waals surface area contributed by atoms with Crippen LogP contribution in [0, 0.1) is 11.8 Å². The molecule has 0 radical (unpaired) electrons. The number of tetrazole rings is 1. The van der Waals surface area contributed by atoms with E-state index in [9.17, 15) is 0 Å². The van der Waals surface area contributed by atoms with E-state index >= 15 is 0 Å². The molecule has 1 aliphatic carbocycles. The summed E-state index contributed by atoms with van der Waals surface area (Å²) < 4.78 is 1.84. The van der Waals surface area contributed by atoms with E-state index in [1.807, 2.05) is 35.0 Å². The third-order valence-electron chi connectivity index (χ3n) is 5.13. The van der Waals surface area contributed by atoms with Gasteiger partial charge in [0.05, 0.1) is 12.2 Å². The third kappa shape index (κ3) is 2.53. The average Bonchev–Trinajstić information content (AvgIpc) is 3.16. The molecule has 0 amide bonds. The van der Waals surface area contributed by atoms with Crippen molar-refractivity contribution in [2.24, 2.45) is 17.6 Å². The lowest BCUT2D eigenvalue weighted by Gasteiger charge is -2.29. The maximum Gasteiger partial charge on any atom is 0.170 e. The summed E-state index contributed by atoms with van der Waals surface area (Å²) in [6, 6.07) is 10.4. The maximum absolute atomic E-state index is 6.30. The summed E-state index contributed by atoms with van der Waals surface area (Å²) in [5.74, 6) is 2.30. The summed E-state index contributed by atoms with van der Waals surface area (Å²) in [5.41, 5.74) is 7.31. The largest absolute Gasteiger partial charge is 0.327 e. The highest BCUT2D eigenvalue weighted by Gasteiger charge is 2.38. The Morgan fingerprint density at radius 2 is 2.00 bits per heavy atom. The molecule has 0 bridgehead atoms. The molecule has 3 unspecified atom stereocenters. The molecule has 1 aromatic carbocycles. The van der Waals surface area contributed by atoms with E-state index in [-0.39, 0.29) is 0 Å². The Morgan fingerprint density at radius 3 is 2.82 bits per heavy atom. The van der Waals surface area contributed by atoms with Gasteiger partial charge in [0.1, 0.15) is 0 Å². The van der Waals surface area contributed by atoms with Crippen LogP contribution in [0.4, 0.5) is 0 Å². The second-order valence-corrected chi connectivity index (χ2v) is 6.56. The molecule has 6 nitrogen and oxygen atoms in total. The molecule has 2 heterocycles. The molecule has 3 atom stereocenters.